The molecule has 0 N–H and O–H groups in total. The predicted molar refractivity (Wildman–Crippen MR) is 144 cm³/mol. The molecule has 1 aliphatic heterocycles. The number of methoxy groups -OCH3 is 2. The van der Waals surface area contributed by atoms with Gasteiger partial charge >= 0.3 is 5.97 Å². The number of thiophene rings is 1. The van der Waals surface area contributed by atoms with Crippen LogP contribution < -0.4 is 14.4 Å². The van der Waals surface area contributed by atoms with Gasteiger partial charge in [-0.05, 0) is 55.1 Å². The first-order valence-corrected chi connectivity index (χ1v) is 12.4. The van der Waals surface area contributed by atoms with E-state index in [0.29, 0.717) is 23.6 Å². The first-order valence-electron chi connectivity index (χ1n) is 11.6. The summed E-state index contributed by atoms with van der Waals surface area (Å²) in [6.45, 7) is 7.83. The van der Waals surface area contributed by atoms with Crippen LogP contribution in [0.25, 0.3) is 11.6 Å². The number of hydrogen-bond donors (Lipinski definition) is 0. The summed E-state index contributed by atoms with van der Waals surface area (Å²) in [7, 11) is 3.17. The van der Waals surface area contributed by atoms with Crippen molar-refractivity contribution >= 4 is 46.4 Å². The SMILES string of the molecule is CCN(CC)CC(=O)OC1CCN(c2ccc(/C=C(\C#N)c3ccc(OC)c(OC)c3)s2)CC1.Cl. The molecule has 1 aliphatic rings. The zero-order valence-electron chi connectivity index (χ0n) is 20.8. The van der Waals surface area contributed by atoms with Crippen molar-refractivity contribution in [3.8, 4) is 17.6 Å². The van der Waals surface area contributed by atoms with Crippen LogP contribution in [0, 0.1) is 11.3 Å². The highest BCUT2D eigenvalue weighted by atomic mass is 35.5. The maximum atomic E-state index is 12.2. The Hall–Kier alpha value is -2.73. The lowest BCUT2D eigenvalue weighted by Crippen LogP contribution is -2.39. The molecule has 2 heterocycles. The minimum absolute atomic E-state index is 0. The van der Waals surface area contributed by atoms with Crippen LogP contribution in [0.3, 0.4) is 0 Å². The second-order valence-corrected chi connectivity index (χ2v) is 9.15. The van der Waals surface area contributed by atoms with Gasteiger partial charge in [-0.1, -0.05) is 13.8 Å². The molecular weight excluding hydrogens is 486 g/mol. The first kappa shape index (κ1) is 28.5. The second kappa shape index (κ2) is 14.0. The number of esters is 1. The van der Waals surface area contributed by atoms with Gasteiger partial charge in [-0.25, -0.2) is 0 Å². The lowest BCUT2D eigenvalue weighted by Gasteiger charge is -2.32. The fourth-order valence-corrected chi connectivity index (χ4v) is 4.97. The number of nitriles is 1. The number of piperidine rings is 1. The van der Waals surface area contributed by atoms with Crippen LogP contribution in [0.1, 0.15) is 37.1 Å². The molecule has 2 aromatic rings. The van der Waals surface area contributed by atoms with Crippen LogP contribution in [0.5, 0.6) is 11.5 Å². The van der Waals surface area contributed by atoms with Crippen molar-refractivity contribution in [3.05, 3.63) is 40.8 Å². The highest BCUT2D eigenvalue weighted by molar-refractivity contribution is 7.17. The zero-order valence-corrected chi connectivity index (χ0v) is 22.4. The molecule has 35 heavy (non-hydrogen) atoms. The number of ether oxygens (including phenoxy) is 3. The normalized spacial score (nSPS) is 14.3. The molecular formula is C26H34ClN3O4S. The number of benzene rings is 1. The maximum absolute atomic E-state index is 12.2. The van der Waals surface area contributed by atoms with Gasteiger partial charge in [-0.3, -0.25) is 9.69 Å². The molecule has 0 saturated carbocycles. The van der Waals surface area contributed by atoms with Crippen LogP contribution in [0.2, 0.25) is 0 Å². The number of carbonyl (C=O) groups is 1. The number of allylic oxidation sites excluding steroid dienone is 1. The van der Waals surface area contributed by atoms with Gasteiger partial charge in [-0.2, -0.15) is 5.26 Å². The molecule has 1 fully saturated rings. The van der Waals surface area contributed by atoms with Crippen LogP contribution >= 0.6 is 23.7 Å². The smallest absolute Gasteiger partial charge is 0.320 e. The Morgan fingerprint density at radius 2 is 1.83 bits per heavy atom. The van der Waals surface area contributed by atoms with Crippen LogP contribution in [0.15, 0.2) is 30.3 Å². The van der Waals surface area contributed by atoms with E-state index in [-0.39, 0.29) is 24.5 Å². The second-order valence-electron chi connectivity index (χ2n) is 8.05. The van der Waals surface area contributed by atoms with E-state index < -0.39 is 0 Å². The van der Waals surface area contributed by atoms with Gasteiger partial charge in [0.15, 0.2) is 11.5 Å². The summed E-state index contributed by atoms with van der Waals surface area (Å²) in [6, 6.07) is 11.9. The lowest BCUT2D eigenvalue weighted by molar-refractivity contribution is -0.151. The summed E-state index contributed by atoms with van der Waals surface area (Å²) in [5.74, 6) is 1.09. The third-order valence-electron chi connectivity index (χ3n) is 6.01. The van der Waals surface area contributed by atoms with E-state index in [0.717, 1.165) is 54.5 Å². The highest BCUT2D eigenvalue weighted by Gasteiger charge is 2.24. The number of hydrogen-bond acceptors (Lipinski definition) is 8. The third kappa shape index (κ3) is 7.63. The fraction of sp³-hybridized carbons (Fsp3) is 0.462. The van der Waals surface area contributed by atoms with E-state index in [2.05, 4.69) is 21.9 Å². The molecule has 0 atom stereocenters. The average Bonchev–Trinajstić information content (AvgIpc) is 3.34. The molecule has 0 bridgehead atoms. The first-order chi connectivity index (χ1) is 16.5. The Balaban J connectivity index is 0.00000432. The Labute approximate surface area is 218 Å². The van der Waals surface area contributed by atoms with Crippen molar-refractivity contribution in [2.24, 2.45) is 0 Å². The summed E-state index contributed by atoms with van der Waals surface area (Å²) in [5.41, 5.74) is 1.34. The predicted octanol–water partition coefficient (Wildman–Crippen LogP) is 5.11. The molecule has 0 unspecified atom stereocenters. The summed E-state index contributed by atoms with van der Waals surface area (Å²) >= 11 is 1.65. The molecule has 1 aromatic heterocycles. The molecule has 7 nitrogen and oxygen atoms in total. The van der Waals surface area contributed by atoms with Crippen LogP contribution in [-0.4, -0.2) is 63.9 Å². The van der Waals surface area contributed by atoms with Gasteiger partial charge in [-0.15, -0.1) is 23.7 Å². The average molecular weight is 520 g/mol. The summed E-state index contributed by atoms with van der Waals surface area (Å²) in [4.78, 5) is 17.6. The van der Waals surface area contributed by atoms with Crippen molar-refractivity contribution in [1.82, 2.24) is 4.90 Å². The van der Waals surface area contributed by atoms with Gasteiger partial charge in [0.1, 0.15) is 6.10 Å². The topological polar surface area (TPSA) is 75.0 Å². The minimum Gasteiger partial charge on any atom is -0.493 e. The molecule has 0 amide bonds. The molecule has 1 saturated heterocycles. The van der Waals surface area contributed by atoms with E-state index >= 15 is 0 Å². The van der Waals surface area contributed by atoms with E-state index in [1.807, 2.05) is 38.1 Å². The van der Waals surface area contributed by atoms with E-state index in [4.69, 9.17) is 14.2 Å². The van der Waals surface area contributed by atoms with Crippen molar-refractivity contribution < 1.29 is 19.0 Å². The largest absolute Gasteiger partial charge is 0.493 e. The number of likely N-dealkylation sites (N-methyl/N-ethyl adjacent to an activating group) is 1. The quantitative estimate of drug-likeness (QED) is 0.319. The van der Waals surface area contributed by atoms with Crippen molar-refractivity contribution in [2.45, 2.75) is 32.8 Å². The monoisotopic (exact) mass is 519 g/mol. The Morgan fingerprint density at radius 1 is 1.14 bits per heavy atom. The van der Waals surface area contributed by atoms with Gasteiger partial charge in [0.25, 0.3) is 0 Å². The number of halogens is 1. The van der Waals surface area contributed by atoms with Crippen molar-refractivity contribution in [3.63, 3.8) is 0 Å². The molecule has 0 spiro atoms. The Morgan fingerprint density at radius 3 is 2.43 bits per heavy atom. The molecule has 0 radical (unpaired) electrons. The third-order valence-corrected chi connectivity index (χ3v) is 7.11. The molecule has 3 rings (SSSR count). The molecule has 190 valence electrons. The fourth-order valence-electron chi connectivity index (χ4n) is 3.96. The maximum Gasteiger partial charge on any atom is 0.320 e. The van der Waals surface area contributed by atoms with Crippen LogP contribution in [0.4, 0.5) is 5.00 Å². The van der Waals surface area contributed by atoms with Gasteiger partial charge in [0, 0.05) is 30.8 Å². The van der Waals surface area contributed by atoms with E-state index in [1.54, 1.807) is 31.6 Å². The number of anilines is 1. The Kier molecular flexibility index (Phi) is 11.4. The number of rotatable bonds is 10. The summed E-state index contributed by atoms with van der Waals surface area (Å²) < 4.78 is 16.4. The zero-order chi connectivity index (χ0) is 24.5. The highest BCUT2D eigenvalue weighted by Crippen LogP contribution is 2.34. The summed E-state index contributed by atoms with van der Waals surface area (Å²) in [6.07, 6.45) is 3.52. The van der Waals surface area contributed by atoms with Crippen molar-refractivity contribution in [1.29, 1.82) is 5.26 Å². The molecule has 1 aromatic carbocycles. The molecule has 0 aliphatic carbocycles. The van der Waals surface area contributed by atoms with Gasteiger partial charge < -0.3 is 19.1 Å². The van der Waals surface area contributed by atoms with Crippen LogP contribution in [-0.2, 0) is 9.53 Å². The lowest BCUT2D eigenvalue weighted by atomic mass is 10.1. The number of nitrogens with zero attached hydrogens (tertiary/aromatic N) is 3. The minimum atomic E-state index is -0.134. The van der Waals surface area contributed by atoms with E-state index in [9.17, 15) is 10.1 Å². The van der Waals surface area contributed by atoms with Gasteiger partial charge in [0.2, 0.25) is 0 Å². The summed E-state index contributed by atoms with van der Waals surface area (Å²) in [5, 5.41) is 10.9. The molecule has 9 heteroatoms. The number of carbonyl (C=O) groups excluding carboxylic acids is 1. The van der Waals surface area contributed by atoms with Gasteiger partial charge in [0.05, 0.1) is 37.4 Å². The Bertz CT molecular complexity index is 1040. The van der Waals surface area contributed by atoms with E-state index in [1.165, 1.54) is 0 Å². The standard InChI is InChI=1S/C26H33N3O4S.ClH/c1-5-28(6-2)18-26(30)33-21-11-13-29(14-12-21)25-10-8-22(34-25)15-20(17-27)19-7-9-23(31-3)24(16-19)32-4;/h7-10,15-16,21H,5-6,11-14,18H2,1-4H3;1H/b20-15+;. The van der Waals surface area contributed by atoms with Crippen molar-refractivity contribution in [2.75, 3.05) is 51.8 Å².